The number of nitriles is 1. The van der Waals surface area contributed by atoms with Crippen LogP contribution < -0.4 is 0 Å². The van der Waals surface area contributed by atoms with E-state index in [-0.39, 0.29) is 17.3 Å². The summed E-state index contributed by atoms with van der Waals surface area (Å²) in [5.74, 6) is 0.104. The molecule has 0 fully saturated rings. The van der Waals surface area contributed by atoms with Gasteiger partial charge in [-0.2, -0.15) is 10.4 Å². The largest absolute Gasteiger partial charge is 0.293 e. The van der Waals surface area contributed by atoms with Crippen molar-refractivity contribution in [2.24, 2.45) is 18.4 Å². The lowest BCUT2D eigenvalue weighted by Gasteiger charge is -2.49. The number of allylic oxidation sites excluding steroid dienone is 2. The normalized spacial score (nSPS) is 26.0. The number of aryl methyl sites for hydroxylation is 2. The van der Waals surface area contributed by atoms with Crippen LogP contribution in [-0.4, -0.2) is 15.6 Å². The van der Waals surface area contributed by atoms with Crippen LogP contribution in [0.4, 0.5) is 0 Å². The van der Waals surface area contributed by atoms with E-state index in [1.165, 1.54) is 16.7 Å². The van der Waals surface area contributed by atoms with Crippen molar-refractivity contribution in [1.82, 2.24) is 9.78 Å². The second-order valence-electron chi connectivity index (χ2n) is 8.71. The molecule has 0 spiro atoms. The summed E-state index contributed by atoms with van der Waals surface area (Å²) in [5.41, 5.74) is 5.16. The highest BCUT2D eigenvalue weighted by Gasteiger charge is 2.55. The summed E-state index contributed by atoms with van der Waals surface area (Å²) in [6.45, 7) is 8.24. The predicted molar refractivity (Wildman–Crippen MR) is 105 cm³/mol. The van der Waals surface area contributed by atoms with E-state index >= 15 is 0 Å². The zero-order chi connectivity index (χ0) is 19.6. The molecule has 2 aliphatic rings. The summed E-state index contributed by atoms with van der Waals surface area (Å²) in [6, 6.07) is 10.5. The Balaban J connectivity index is 1.98. The first-order valence-corrected chi connectivity index (χ1v) is 9.52. The molecule has 1 aromatic carbocycles. The lowest BCUT2D eigenvalue weighted by Crippen LogP contribution is -2.51. The van der Waals surface area contributed by atoms with E-state index in [9.17, 15) is 10.1 Å². The van der Waals surface area contributed by atoms with Crippen LogP contribution in [0.5, 0.6) is 0 Å². The number of carbonyl (C=O) groups excluding carboxylic acids is 1. The predicted octanol–water partition coefficient (Wildman–Crippen LogP) is 4.27. The van der Waals surface area contributed by atoms with Crippen molar-refractivity contribution in [1.29, 1.82) is 5.26 Å². The smallest absolute Gasteiger partial charge is 0.178 e. The van der Waals surface area contributed by atoms with Gasteiger partial charge in [0.25, 0.3) is 0 Å². The Morgan fingerprint density at radius 1 is 1.26 bits per heavy atom. The van der Waals surface area contributed by atoms with E-state index < -0.39 is 10.8 Å². The van der Waals surface area contributed by atoms with E-state index in [0.29, 0.717) is 0 Å². The number of carbonyl (C=O) groups is 1. The number of Topliss-reactive ketones (excluding diaryl/α,β-unsaturated/α-hetero) is 1. The summed E-state index contributed by atoms with van der Waals surface area (Å²) in [5, 5.41) is 14.5. The molecular weight excluding hydrogens is 334 g/mol. The van der Waals surface area contributed by atoms with Crippen molar-refractivity contribution in [2.45, 2.75) is 46.0 Å². The molecule has 2 atom stereocenters. The molecular formula is C23H25N3O. The fraction of sp³-hybridized carbons (Fsp3) is 0.435. The second-order valence-corrected chi connectivity index (χ2v) is 8.71. The molecule has 2 aromatic rings. The molecule has 2 aliphatic carbocycles. The minimum absolute atomic E-state index is 0.0361. The summed E-state index contributed by atoms with van der Waals surface area (Å²) >= 11 is 0. The van der Waals surface area contributed by atoms with Gasteiger partial charge in [0.15, 0.2) is 5.78 Å². The fourth-order valence-corrected chi connectivity index (χ4v) is 5.40. The van der Waals surface area contributed by atoms with E-state index in [4.69, 9.17) is 5.10 Å². The highest BCUT2D eigenvalue weighted by molar-refractivity contribution is 6.04. The van der Waals surface area contributed by atoms with E-state index in [2.05, 4.69) is 44.2 Å². The Bertz CT molecular complexity index is 1030. The van der Waals surface area contributed by atoms with Gasteiger partial charge in [-0.15, -0.1) is 0 Å². The SMILES string of the molecule is Cc1ccccc1-c1c2c(nn1C)[C@@]1(C)C=C(C#N)C(=O)C(C)(C)[C@H]1CC2. The van der Waals surface area contributed by atoms with Gasteiger partial charge in [0.1, 0.15) is 6.07 Å². The molecule has 1 aromatic heterocycles. The molecule has 0 aliphatic heterocycles. The maximum Gasteiger partial charge on any atom is 0.178 e. The maximum absolute atomic E-state index is 12.8. The van der Waals surface area contributed by atoms with Gasteiger partial charge in [0.05, 0.1) is 17.0 Å². The number of hydrogen-bond donors (Lipinski definition) is 0. The average Bonchev–Trinajstić information content (AvgIpc) is 2.96. The van der Waals surface area contributed by atoms with E-state index in [0.717, 1.165) is 24.2 Å². The third-order valence-electron chi connectivity index (χ3n) is 6.73. The fourth-order valence-electron chi connectivity index (χ4n) is 5.40. The lowest BCUT2D eigenvalue weighted by atomic mass is 9.52. The zero-order valence-corrected chi connectivity index (χ0v) is 16.6. The molecule has 4 nitrogen and oxygen atoms in total. The molecule has 0 amide bonds. The Labute approximate surface area is 160 Å². The Morgan fingerprint density at radius 2 is 1.96 bits per heavy atom. The highest BCUT2D eigenvalue weighted by Crippen LogP contribution is 2.55. The first kappa shape index (κ1) is 17.7. The lowest BCUT2D eigenvalue weighted by molar-refractivity contribution is -0.128. The Morgan fingerprint density at radius 3 is 2.63 bits per heavy atom. The number of aromatic nitrogens is 2. The average molecular weight is 359 g/mol. The van der Waals surface area contributed by atoms with Crippen LogP contribution >= 0.6 is 0 Å². The van der Waals surface area contributed by atoms with E-state index in [1.807, 2.05) is 31.7 Å². The van der Waals surface area contributed by atoms with Crippen LogP contribution in [0.3, 0.4) is 0 Å². The molecule has 0 unspecified atom stereocenters. The number of benzene rings is 1. The number of rotatable bonds is 1. The van der Waals surface area contributed by atoms with Gasteiger partial charge >= 0.3 is 0 Å². The van der Waals surface area contributed by atoms with Crippen LogP contribution in [0.1, 0.15) is 44.0 Å². The molecule has 138 valence electrons. The van der Waals surface area contributed by atoms with Crippen LogP contribution in [0.2, 0.25) is 0 Å². The van der Waals surface area contributed by atoms with Gasteiger partial charge < -0.3 is 0 Å². The Hall–Kier alpha value is -2.67. The number of nitrogens with zero attached hydrogens (tertiary/aromatic N) is 3. The van der Waals surface area contributed by atoms with Crippen molar-refractivity contribution in [2.75, 3.05) is 0 Å². The van der Waals surface area contributed by atoms with Crippen LogP contribution in [0, 0.1) is 29.6 Å². The van der Waals surface area contributed by atoms with Crippen LogP contribution in [0.15, 0.2) is 35.9 Å². The van der Waals surface area contributed by atoms with Gasteiger partial charge in [0.2, 0.25) is 0 Å². The molecule has 1 heterocycles. The monoisotopic (exact) mass is 359 g/mol. The van der Waals surface area contributed by atoms with Gasteiger partial charge in [-0.05, 0) is 31.2 Å². The van der Waals surface area contributed by atoms with Crippen molar-refractivity contribution in [3.63, 3.8) is 0 Å². The quantitative estimate of drug-likeness (QED) is 0.764. The van der Waals surface area contributed by atoms with Crippen LogP contribution in [0.25, 0.3) is 11.3 Å². The summed E-state index contributed by atoms with van der Waals surface area (Å²) < 4.78 is 1.98. The first-order valence-electron chi connectivity index (χ1n) is 9.52. The maximum atomic E-state index is 12.8. The van der Waals surface area contributed by atoms with Crippen LogP contribution in [-0.2, 0) is 23.7 Å². The third-order valence-corrected chi connectivity index (χ3v) is 6.73. The molecule has 0 bridgehead atoms. The molecule has 0 N–H and O–H groups in total. The van der Waals surface area contributed by atoms with Crippen molar-refractivity contribution < 1.29 is 4.79 Å². The number of fused-ring (bicyclic) bond motifs is 3. The summed E-state index contributed by atoms with van der Waals surface area (Å²) in [4.78, 5) is 12.8. The van der Waals surface area contributed by atoms with Crippen molar-refractivity contribution >= 4 is 5.78 Å². The van der Waals surface area contributed by atoms with Gasteiger partial charge in [-0.1, -0.05) is 51.1 Å². The molecule has 0 saturated carbocycles. The minimum Gasteiger partial charge on any atom is -0.293 e. The third kappa shape index (κ3) is 2.27. The van der Waals surface area contributed by atoms with Crippen molar-refractivity contribution in [3.05, 3.63) is 52.7 Å². The standard InChI is InChI=1S/C23H25N3O/c1-14-8-6-7-9-16(14)19-17-10-11-18-22(2,3)21(27)15(13-24)12-23(18,4)20(17)25-26(19)5/h6-9,12,18H,10-11H2,1-5H3/t18-,23+/m1/s1. The van der Waals surface area contributed by atoms with Gasteiger partial charge in [-0.3, -0.25) is 9.48 Å². The minimum atomic E-state index is -0.563. The molecule has 4 rings (SSSR count). The topological polar surface area (TPSA) is 58.7 Å². The van der Waals surface area contributed by atoms with Gasteiger partial charge in [-0.25, -0.2) is 0 Å². The highest BCUT2D eigenvalue weighted by atomic mass is 16.1. The second kappa shape index (κ2) is 5.66. The zero-order valence-electron chi connectivity index (χ0n) is 16.6. The first-order chi connectivity index (χ1) is 12.7. The van der Waals surface area contributed by atoms with Gasteiger partial charge in [0, 0.05) is 29.0 Å². The number of ketones is 1. The summed E-state index contributed by atoms with van der Waals surface area (Å²) in [7, 11) is 1.99. The molecule has 27 heavy (non-hydrogen) atoms. The van der Waals surface area contributed by atoms with E-state index in [1.54, 1.807) is 0 Å². The molecule has 4 heteroatoms. The Kier molecular flexibility index (Phi) is 3.72. The molecule has 0 radical (unpaired) electrons. The summed E-state index contributed by atoms with van der Waals surface area (Å²) in [6.07, 6.45) is 3.71. The molecule has 0 saturated heterocycles. The number of hydrogen-bond acceptors (Lipinski definition) is 3. The van der Waals surface area contributed by atoms with Crippen molar-refractivity contribution in [3.8, 4) is 17.3 Å².